The van der Waals surface area contributed by atoms with Gasteiger partial charge in [0.15, 0.2) is 5.12 Å². The molecule has 0 aliphatic carbocycles. The van der Waals surface area contributed by atoms with Gasteiger partial charge in [-0.05, 0) is 6.42 Å². The Balaban J connectivity index is 3.93. The van der Waals surface area contributed by atoms with E-state index in [9.17, 15) is 4.79 Å². The fourth-order valence-electron chi connectivity index (χ4n) is 0.989. The molecule has 0 aliphatic rings. The van der Waals surface area contributed by atoms with Crippen LogP contribution in [0.25, 0.3) is 0 Å². The lowest BCUT2D eigenvalue weighted by molar-refractivity contribution is -0.111. The van der Waals surface area contributed by atoms with E-state index in [4.69, 9.17) is 13.3 Å². The molecule has 0 spiro atoms. The normalized spacial score (nSPS) is 11.7. The third-order valence-corrected chi connectivity index (χ3v) is 6.46. The van der Waals surface area contributed by atoms with Crippen molar-refractivity contribution in [2.45, 2.75) is 26.2 Å². The SMILES string of the molecule is CCCCC(=O)SC[Si](OC)(OC)OC. The Hall–Kier alpha value is 0.117. The lowest BCUT2D eigenvalue weighted by Crippen LogP contribution is -2.46. The van der Waals surface area contributed by atoms with E-state index in [1.54, 1.807) is 21.3 Å². The number of thioether (sulfide) groups is 1. The van der Waals surface area contributed by atoms with Crippen molar-refractivity contribution in [3.8, 4) is 0 Å². The highest BCUT2D eigenvalue weighted by Crippen LogP contribution is 2.17. The van der Waals surface area contributed by atoms with Crippen molar-refractivity contribution in [1.29, 1.82) is 0 Å². The summed E-state index contributed by atoms with van der Waals surface area (Å²) in [7, 11) is 2.08. The standard InChI is InChI=1S/C9H20O4SSi/c1-5-6-7-9(10)14-8-15(11-2,12-3)13-4/h5-8H2,1-4H3. The Kier molecular flexibility index (Phi) is 8.35. The second-order valence-corrected chi connectivity index (χ2v) is 7.55. The monoisotopic (exact) mass is 252 g/mol. The lowest BCUT2D eigenvalue weighted by Gasteiger charge is -2.23. The maximum Gasteiger partial charge on any atom is 0.511 e. The molecule has 0 aromatic rings. The summed E-state index contributed by atoms with van der Waals surface area (Å²) in [5.74, 6) is 0. The van der Waals surface area contributed by atoms with Gasteiger partial charge >= 0.3 is 8.80 Å². The third kappa shape index (κ3) is 5.67. The number of unbranched alkanes of at least 4 members (excludes halogenated alkanes) is 1. The zero-order chi connectivity index (χ0) is 11.7. The Labute approximate surface area is 97.0 Å². The van der Waals surface area contributed by atoms with E-state index in [1.165, 1.54) is 11.8 Å². The first-order valence-corrected chi connectivity index (χ1v) is 7.87. The zero-order valence-corrected chi connectivity index (χ0v) is 11.7. The average Bonchev–Trinajstić information content (AvgIpc) is 2.29. The minimum absolute atomic E-state index is 0.180. The summed E-state index contributed by atoms with van der Waals surface area (Å²) in [6, 6.07) is 0. The number of rotatable bonds is 8. The predicted molar refractivity (Wildman–Crippen MR) is 63.8 cm³/mol. The minimum Gasteiger partial charge on any atom is -0.376 e. The summed E-state index contributed by atoms with van der Waals surface area (Å²) in [5.41, 5.74) is 0. The highest BCUT2D eigenvalue weighted by Gasteiger charge is 2.38. The summed E-state index contributed by atoms with van der Waals surface area (Å²) >= 11 is 1.24. The first kappa shape index (κ1) is 15.1. The summed E-state index contributed by atoms with van der Waals surface area (Å²) in [6.45, 7) is 2.07. The fraction of sp³-hybridized carbons (Fsp3) is 0.889. The molecule has 0 rings (SSSR count). The molecule has 0 aliphatic heterocycles. The molecule has 0 saturated carbocycles. The molecule has 0 atom stereocenters. The van der Waals surface area contributed by atoms with E-state index < -0.39 is 8.80 Å². The van der Waals surface area contributed by atoms with Crippen LogP contribution >= 0.6 is 11.8 Å². The molecule has 0 saturated heterocycles. The highest BCUT2D eigenvalue weighted by molar-refractivity contribution is 8.14. The largest absolute Gasteiger partial charge is 0.511 e. The molecule has 0 N–H and O–H groups in total. The molecule has 90 valence electrons. The zero-order valence-electron chi connectivity index (χ0n) is 9.87. The predicted octanol–water partition coefficient (Wildman–Crippen LogP) is 1.85. The molecule has 0 bridgehead atoms. The average molecular weight is 252 g/mol. The highest BCUT2D eigenvalue weighted by atomic mass is 32.2. The van der Waals surface area contributed by atoms with Gasteiger partial charge in [0.05, 0.1) is 5.38 Å². The van der Waals surface area contributed by atoms with E-state index in [2.05, 4.69) is 6.92 Å². The van der Waals surface area contributed by atoms with Crippen molar-refractivity contribution in [2.24, 2.45) is 0 Å². The van der Waals surface area contributed by atoms with Crippen molar-refractivity contribution in [2.75, 3.05) is 26.7 Å². The lowest BCUT2D eigenvalue weighted by atomic mass is 10.3. The van der Waals surface area contributed by atoms with Gasteiger partial charge in [0.25, 0.3) is 0 Å². The quantitative estimate of drug-likeness (QED) is 0.617. The van der Waals surface area contributed by atoms with Crippen LogP contribution in [0.5, 0.6) is 0 Å². The van der Waals surface area contributed by atoms with Gasteiger partial charge in [0, 0.05) is 27.8 Å². The van der Waals surface area contributed by atoms with Crippen LogP contribution in [-0.2, 0) is 18.1 Å². The van der Waals surface area contributed by atoms with Gasteiger partial charge < -0.3 is 13.3 Å². The number of hydrogen-bond donors (Lipinski definition) is 0. The Morgan fingerprint density at radius 2 is 1.73 bits per heavy atom. The van der Waals surface area contributed by atoms with Crippen LogP contribution in [0.3, 0.4) is 0 Å². The maximum absolute atomic E-state index is 11.4. The Bertz CT molecular complexity index is 177. The molecule has 0 radical (unpaired) electrons. The Morgan fingerprint density at radius 1 is 1.20 bits per heavy atom. The summed E-state index contributed by atoms with van der Waals surface area (Å²) in [6.07, 6.45) is 2.59. The topological polar surface area (TPSA) is 44.8 Å². The van der Waals surface area contributed by atoms with Gasteiger partial charge in [-0.15, -0.1) is 0 Å². The maximum atomic E-state index is 11.4. The molecule has 0 fully saturated rings. The Morgan fingerprint density at radius 3 is 2.13 bits per heavy atom. The smallest absolute Gasteiger partial charge is 0.376 e. The van der Waals surface area contributed by atoms with E-state index >= 15 is 0 Å². The van der Waals surface area contributed by atoms with E-state index in [1.807, 2.05) is 0 Å². The van der Waals surface area contributed by atoms with Crippen LogP contribution in [0.15, 0.2) is 0 Å². The van der Waals surface area contributed by atoms with E-state index in [-0.39, 0.29) is 5.12 Å². The molecule has 0 unspecified atom stereocenters. The van der Waals surface area contributed by atoms with E-state index in [0.717, 1.165) is 12.8 Å². The van der Waals surface area contributed by atoms with Crippen molar-refractivity contribution in [3.05, 3.63) is 0 Å². The van der Waals surface area contributed by atoms with Crippen LogP contribution in [0.1, 0.15) is 26.2 Å². The summed E-state index contributed by atoms with van der Waals surface area (Å²) in [4.78, 5) is 11.4. The molecule has 0 amide bonds. The molecular weight excluding hydrogens is 232 g/mol. The molecule has 0 heterocycles. The van der Waals surface area contributed by atoms with Crippen molar-refractivity contribution < 1.29 is 18.1 Å². The van der Waals surface area contributed by atoms with Gasteiger partial charge in [-0.3, -0.25) is 4.79 Å². The van der Waals surface area contributed by atoms with Gasteiger partial charge in [-0.2, -0.15) is 0 Å². The number of carbonyl (C=O) groups is 1. The van der Waals surface area contributed by atoms with Crippen LogP contribution in [0.2, 0.25) is 0 Å². The van der Waals surface area contributed by atoms with Crippen molar-refractivity contribution in [1.82, 2.24) is 0 Å². The number of hydrogen-bond acceptors (Lipinski definition) is 5. The second-order valence-electron chi connectivity index (χ2n) is 3.06. The van der Waals surface area contributed by atoms with Crippen LogP contribution in [-0.4, -0.2) is 40.6 Å². The van der Waals surface area contributed by atoms with Gasteiger partial charge in [0.1, 0.15) is 0 Å². The summed E-state index contributed by atoms with van der Waals surface area (Å²) in [5, 5.41) is 0.666. The van der Waals surface area contributed by atoms with Crippen LogP contribution in [0, 0.1) is 0 Å². The first-order valence-electron chi connectivity index (χ1n) is 4.95. The van der Waals surface area contributed by atoms with Gasteiger partial charge in [-0.25, -0.2) is 0 Å². The van der Waals surface area contributed by atoms with Gasteiger partial charge in [-0.1, -0.05) is 25.1 Å². The molecule has 0 aromatic carbocycles. The number of carbonyl (C=O) groups excluding carboxylic acids is 1. The van der Waals surface area contributed by atoms with E-state index in [0.29, 0.717) is 11.8 Å². The van der Waals surface area contributed by atoms with Crippen molar-refractivity contribution >= 4 is 25.7 Å². The minimum atomic E-state index is -2.58. The summed E-state index contributed by atoms with van der Waals surface area (Å²) < 4.78 is 15.6. The molecule has 0 aromatic heterocycles. The van der Waals surface area contributed by atoms with Crippen LogP contribution < -0.4 is 0 Å². The van der Waals surface area contributed by atoms with Crippen molar-refractivity contribution in [3.63, 3.8) is 0 Å². The molecule has 4 nitrogen and oxygen atoms in total. The van der Waals surface area contributed by atoms with Crippen LogP contribution in [0.4, 0.5) is 0 Å². The third-order valence-electron chi connectivity index (χ3n) is 2.08. The molecule has 15 heavy (non-hydrogen) atoms. The fourth-order valence-corrected chi connectivity index (χ4v) is 4.54. The molecule has 6 heteroatoms. The van der Waals surface area contributed by atoms with Gasteiger partial charge in [0.2, 0.25) is 0 Å². The second kappa shape index (κ2) is 8.29. The first-order chi connectivity index (χ1) is 7.14. The molecular formula is C9H20O4SSi.